The number of benzene rings is 1. The van der Waals surface area contributed by atoms with E-state index in [2.05, 4.69) is 31.7 Å². The Morgan fingerprint density at radius 2 is 2.10 bits per heavy atom. The number of rotatable bonds is 7. The molecule has 7 nitrogen and oxygen atoms in total. The number of fused-ring (bicyclic) bond motifs is 1. The lowest BCUT2D eigenvalue weighted by atomic mass is 10.0. The maximum Gasteiger partial charge on any atom is 0.208 e. The summed E-state index contributed by atoms with van der Waals surface area (Å²) in [6.07, 6.45) is 5.86. The summed E-state index contributed by atoms with van der Waals surface area (Å²) in [6.45, 7) is 2.64. The lowest BCUT2D eigenvalue weighted by Crippen LogP contribution is -2.36. The Morgan fingerprint density at radius 3 is 2.81 bits per heavy atom. The molecule has 4 rings (SSSR count). The van der Waals surface area contributed by atoms with Gasteiger partial charge in [0.15, 0.2) is 0 Å². The molecule has 0 fully saturated rings. The first-order valence-corrected chi connectivity index (χ1v) is 11.9. The minimum absolute atomic E-state index is 0.322. The summed E-state index contributed by atoms with van der Waals surface area (Å²) in [5, 5.41) is 0.905. The molecule has 0 amide bonds. The Balaban J connectivity index is 1.57. The summed E-state index contributed by atoms with van der Waals surface area (Å²) in [6, 6.07) is 8.40. The van der Waals surface area contributed by atoms with Gasteiger partial charge in [-0.3, -0.25) is 4.90 Å². The van der Waals surface area contributed by atoms with Crippen LogP contribution < -0.4 is 9.46 Å². The van der Waals surface area contributed by atoms with Crippen molar-refractivity contribution >= 4 is 26.6 Å². The maximum atomic E-state index is 13.9. The van der Waals surface area contributed by atoms with Crippen molar-refractivity contribution in [3.8, 4) is 16.9 Å². The normalized spacial score (nSPS) is 15.3. The lowest BCUT2D eigenvalue weighted by molar-refractivity contribution is 0.306. The third-order valence-corrected chi connectivity index (χ3v) is 6.14. The Hall–Kier alpha value is -2.75. The zero-order valence-corrected chi connectivity index (χ0v) is 18.3. The molecule has 3 aromatic rings. The average Bonchev–Trinajstić information content (AvgIpc) is 3.18. The van der Waals surface area contributed by atoms with Crippen LogP contribution in [0.1, 0.15) is 12.1 Å². The van der Waals surface area contributed by atoms with Gasteiger partial charge in [0, 0.05) is 49.0 Å². The van der Waals surface area contributed by atoms with Gasteiger partial charge in [0.25, 0.3) is 0 Å². The highest BCUT2D eigenvalue weighted by molar-refractivity contribution is 7.88. The minimum atomic E-state index is -3.16. The second-order valence-corrected chi connectivity index (χ2v) is 9.43. The van der Waals surface area contributed by atoms with Gasteiger partial charge in [-0.25, -0.2) is 22.5 Å². The first-order valence-electron chi connectivity index (χ1n) is 10.0. The third kappa shape index (κ3) is 4.95. The molecule has 0 saturated heterocycles. The number of ether oxygens (including phenoxy) is 1. The fourth-order valence-corrected chi connectivity index (χ4v) is 4.34. The summed E-state index contributed by atoms with van der Waals surface area (Å²) in [7, 11) is -1.59. The molecule has 0 bridgehead atoms. The van der Waals surface area contributed by atoms with E-state index in [-0.39, 0.29) is 5.82 Å². The molecule has 2 N–H and O–H groups in total. The Morgan fingerprint density at radius 1 is 1.26 bits per heavy atom. The van der Waals surface area contributed by atoms with Crippen molar-refractivity contribution in [2.24, 2.45) is 0 Å². The number of H-pyrrole nitrogens is 1. The second kappa shape index (κ2) is 8.78. The first kappa shape index (κ1) is 21.5. The highest BCUT2D eigenvalue weighted by Gasteiger charge is 2.17. The predicted molar refractivity (Wildman–Crippen MR) is 120 cm³/mol. The third-order valence-electron chi connectivity index (χ3n) is 5.42. The van der Waals surface area contributed by atoms with Crippen LogP contribution in [0.4, 0.5) is 4.39 Å². The van der Waals surface area contributed by atoms with Crippen LogP contribution >= 0.6 is 0 Å². The molecule has 3 heterocycles. The molecule has 0 aliphatic carbocycles. The number of hydrogen-bond acceptors (Lipinski definition) is 5. The molecular weight excluding hydrogens is 419 g/mol. The van der Waals surface area contributed by atoms with E-state index in [0.717, 1.165) is 41.8 Å². The molecule has 31 heavy (non-hydrogen) atoms. The van der Waals surface area contributed by atoms with Crippen molar-refractivity contribution in [2.75, 3.05) is 39.5 Å². The molecule has 1 aromatic carbocycles. The van der Waals surface area contributed by atoms with Gasteiger partial charge in [0.05, 0.1) is 13.4 Å². The van der Waals surface area contributed by atoms with Crippen LogP contribution in [0.5, 0.6) is 5.75 Å². The summed E-state index contributed by atoms with van der Waals surface area (Å²) in [4.78, 5) is 10.0. The minimum Gasteiger partial charge on any atom is -0.496 e. The fraction of sp³-hybridized carbons (Fsp3) is 0.318. The Labute approximate surface area is 181 Å². The van der Waals surface area contributed by atoms with Crippen molar-refractivity contribution in [3.05, 3.63) is 54.1 Å². The van der Waals surface area contributed by atoms with Gasteiger partial charge >= 0.3 is 0 Å². The van der Waals surface area contributed by atoms with Gasteiger partial charge in [0.2, 0.25) is 10.0 Å². The molecule has 0 atom stereocenters. The van der Waals surface area contributed by atoms with E-state index >= 15 is 0 Å². The maximum absolute atomic E-state index is 13.9. The van der Waals surface area contributed by atoms with Gasteiger partial charge in [-0.1, -0.05) is 6.08 Å². The number of methoxy groups -OCH3 is 1. The molecular formula is C22H25FN4O3S. The summed E-state index contributed by atoms with van der Waals surface area (Å²) >= 11 is 0. The van der Waals surface area contributed by atoms with E-state index in [1.165, 1.54) is 24.0 Å². The molecule has 0 radical (unpaired) electrons. The zero-order valence-electron chi connectivity index (χ0n) is 17.5. The molecule has 0 saturated carbocycles. The van der Waals surface area contributed by atoms with Crippen molar-refractivity contribution in [3.63, 3.8) is 0 Å². The van der Waals surface area contributed by atoms with Crippen molar-refractivity contribution < 1.29 is 17.5 Å². The number of pyridine rings is 1. The number of nitrogens with zero attached hydrogens (tertiary/aromatic N) is 2. The number of nitrogens with one attached hydrogen (secondary N) is 2. The number of aromatic amines is 1. The van der Waals surface area contributed by atoms with E-state index in [1.54, 1.807) is 19.4 Å². The largest absolute Gasteiger partial charge is 0.496 e. The van der Waals surface area contributed by atoms with E-state index in [0.29, 0.717) is 24.4 Å². The fourth-order valence-electron chi connectivity index (χ4n) is 3.87. The molecule has 2 aromatic heterocycles. The van der Waals surface area contributed by atoms with Gasteiger partial charge in [-0.05, 0) is 47.9 Å². The van der Waals surface area contributed by atoms with E-state index in [9.17, 15) is 12.8 Å². The van der Waals surface area contributed by atoms with Gasteiger partial charge in [-0.15, -0.1) is 0 Å². The van der Waals surface area contributed by atoms with E-state index in [4.69, 9.17) is 4.74 Å². The molecule has 164 valence electrons. The van der Waals surface area contributed by atoms with Crippen LogP contribution in [0, 0.1) is 5.82 Å². The van der Waals surface area contributed by atoms with Crippen LogP contribution in [0.15, 0.2) is 42.6 Å². The highest BCUT2D eigenvalue weighted by atomic mass is 32.2. The number of aromatic nitrogens is 2. The van der Waals surface area contributed by atoms with Gasteiger partial charge in [-0.2, -0.15) is 0 Å². The van der Waals surface area contributed by atoms with Crippen LogP contribution in [0.25, 0.3) is 27.7 Å². The van der Waals surface area contributed by atoms with Gasteiger partial charge in [0.1, 0.15) is 17.2 Å². The number of sulfonamides is 1. The van der Waals surface area contributed by atoms with Crippen molar-refractivity contribution in [2.45, 2.75) is 6.42 Å². The van der Waals surface area contributed by atoms with Crippen LogP contribution in [-0.2, 0) is 10.0 Å². The molecule has 0 spiro atoms. The first-order chi connectivity index (χ1) is 14.8. The molecule has 1 aliphatic rings. The Kier molecular flexibility index (Phi) is 6.08. The van der Waals surface area contributed by atoms with Crippen molar-refractivity contribution in [1.82, 2.24) is 19.6 Å². The quantitative estimate of drug-likeness (QED) is 0.585. The van der Waals surface area contributed by atoms with Crippen molar-refractivity contribution in [1.29, 1.82) is 0 Å². The van der Waals surface area contributed by atoms with E-state index in [1.807, 2.05) is 6.07 Å². The molecule has 0 unspecified atom stereocenters. The number of halogens is 1. The predicted octanol–water partition coefficient (Wildman–Crippen LogP) is 3.02. The van der Waals surface area contributed by atoms with Gasteiger partial charge < -0.3 is 9.72 Å². The Bertz CT molecular complexity index is 1240. The standard InChI is InChI=1S/C22H25FN4O3S/c1-30-21-4-3-16(23)13-18(21)17-5-8-24-22-19(17)14-20(26-22)15-6-10-27(11-7-15)12-9-25-31(2,28)29/h3-6,8,13-14,25H,7,9-12H2,1-2H3,(H,24,26). The highest BCUT2D eigenvalue weighted by Crippen LogP contribution is 2.36. The SMILES string of the molecule is COc1ccc(F)cc1-c1ccnc2[nH]c(C3=CCN(CCNS(C)(=O)=O)CC3)cc12. The summed E-state index contributed by atoms with van der Waals surface area (Å²) in [5.41, 5.74) is 4.44. The zero-order chi connectivity index (χ0) is 22.0. The smallest absolute Gasteiger partial charge is 0.208 e. The topological polar surface area (TPSA) is 87.3 Å². The van der Waals surface area contributed by atoms with Crippen LogP contribution in [-0.4, -0.2) is 62.8 Å². The van der Waals surface area contributed by atoms with Crippen LogP contribution in [0.2, 0.25) is 0 Å². The van der Waals surface area contributed by atoms with Crippen LogP contribution in [0.3, 0.4) is 0 Å². The average molecular weight is 445 g/mol. The lowest BCUT2D eigenvalue weighted by Gasteiger charge is -2.25. The number of hydrogen-bond donors (Lipinski definition) is 2. The monoisotopic (exact) mass is 444 g/mol. The molecule has 9 heteroatoms. The summed E-state index contributed by atoms with van der Waals surface area (Å²) in [5.74, 6) is 0.281. The summed E-state index contributed by atoms with van der Waals surface area (Å²) < 4.78 is 44.3. The molecule has 1 aliphatic heterocycles. The second-order valence-electron chi connectivity index (χ2n) is 7.59. The van der Waals surface area contributed by atoms with E-state index < -0.39 is 10.0 Å².